The largest absolute Gasteiger partial charge is 0.480 e. The first-order chi connectivity index (χ1) is 7.52. The Morgan fingerprint density at radius 1 is 1.56 bits per heavy atom. The summed E-state index contributed by atoms with van der Waals surface area (Å²) in [5.74, 6) is 0.232. The fraction of sp³-hybridized carbons (Fsp3) is 0.700. The predicted molar refractivity (Wildman–Crippen MR) is 63.8 cm³/mol. The van der Waals surface area contributed by atoms with Crippen LogP contribution in [0.1, 0.15) is 33.0 Å². The van der Waals surface area contributed by atoms with E-state index in [1.807, 2.05) is 20.8 Å². The number of aryl methyl sites for hydroxylation is 1. The van der Waals surface area contributed by atoms with Crippen LogP contribution < -0.4 is 5.32 Å². The zero-order chi connectivity index (χ0) is 12.1. The van der Waals surface area contributed by atoms with Gasteiger partial charge in [-0.1, -0.05) is 20.8 Å². The maximum absolute atomic E-state index is 11.0. The first kappa shape index (κ1) is 12.9. The molecule has 1 rings (SSSR count). The fourth-order valence-corrected chi connectivity index (χ4v) is 2.00. The number of aromatic nitrogens is 2. The molecule has 1 aromatic heterocycles. The predicted octanol–water partition coefficient (Wildman–Crippen LogP) is 2.01. The van der Waals surface area contributed by atoms with E-state index in [4.69, 9.17) is 5.11 Å². The SMILES string of the molecule is CCc1nsc(N[C@H](CC(C)C)C(=O)O)n1. The van der Waals surface area contributed by atoms with Gasteiger partial charge in [-0.15, -0.1) is 0 Å². The third-order valence-corrected chi connectivity index (χ3v) is 2.77. The first-order valence-electron chi connectivity index (χ1n) is 5.34. The topological polar surface area (TPSA) is 75.1 Å². The summed E-state index contributed by atoms with van der Waals surface area (Å²) < 4.78 is 4.10. The lowest BCUT2D eigenvalue weighted by Crippen LogP contribution is -2.30. The molecule has 0 aliphatic heterocycles. The Morgan fingerprint density at radius 3 is 2.69 bits per heavy atom. The normalized spacial score (nSPS) is 12.8. The summed E-state index contributed by atoms with van der Waals surface area (Å²) in [6.45, 7) is 5.96. The number of anilines is 1. The zero-order valence-electron chi connectivity index (χ0n) is 9.73. The van der Waals surface area contributed by atoms with Crippen molar-refractivity contribution in [3.8, 4) is 0 Å². The summed E-state index contributed by atoms with van der Waals surface area (Å²) in [5, 5.41) is 12.5. The number of nitrogens with one attached hydrogen (secondary N) is 1. The summed E-state index contributed by atoms with van der Waals surface area (Å²) >= 11 is 1.21. The molecule has 0 saturated carbocycles. The maximum Gasteiger partial charge on any atom is 0.326 e. The lowest BCUT2D eigenvalue weighted by atomic mass is 10.0. The van der Waals surface area contributed by atoms with E-state index in [-0.39, 0.29) is 0 Å². The molecule has 0 amide bonds. The van der Waals surface area contributed by atoms with E-state index in [9.17, 15) is 4.79 Å². The number of hydrogen-bond acceptors (Lipinski definition) is 5. The van der Waals surface area contributed by atoms with Gasteiger partial charge < -0.3 is 10.4 Å². The van der Waals surface area contributed by atoms with Crippen LogP contribution in [0, 0.1) is 5.92 Å². The second-order valence-electron chi connectivity index (χ2n) is 4.03. The summed E-state index contributed by atoms with van der Waals surface area (Å²) in [4.78, 5) is 15.2. The molecule has 1 atom stereocenters. The second-order valence-corrected chi connectivity index (χ2v) is 4.79. The van der Waals surface area contributed by atoms with Crippen LogP contribution in [0.25, 0.3) is 0 Å². The van der Waals surface area contributed by atoms with Crippen molar-refractivity contribution >= 4 is 22.6 Å². The Bertz CT molecular complexity index is 352. The molecule has 0 radical (unpaired) electrons. The van der Waals surface area contributed by atoms with Crippen LogP contribution in [0.2, 0.25) is 0 Å². The molecular formula is C10H17N3O2S. The Hall–Kier alpha value is -1.17. The van der Waals surface area contributed by atoms with Gasteiger partial charge in [-0.2, -0.15) is 4.37 Å². The minimum absolute atomic E-state index is 0.326. The van der Waals surface area contributed by atoms with Crippen molar-refractivity contribution in [3.05, 3.63) is 5.82 Å². The molecule has 0 aromatic carbocycles. The van der Waals surface area contributed by atoms with Crippen LogP contribution in [0.15, 0.2) is 0 Å². The van der Waals surface area contributed by atoms with Crippen LogP contribution in [0.4, 0.5) is 5.13 Å². The third-order valence-electron chi connectivity index (χ3n) is 2.09. The smallest absolute Gasteiger partial charge is 0.326 e. The quantitative estimate of drug-likeness (QED) is 0.799. The molecule has 0 aliphatic rings. The van der Waals surface area contributed by atoms with Gasteiger partial charge in [-0.05, 0) is 12.3 Å². The molecule has 0 unspecified atom stereocenters. The van der Waals surface area contributed by atoms with Crippen LogP contribution in [0.5, 0.6) is 0 Å². The Morgan fingerprint density at radius 2 is 2.25 bits per heavy atom. The van der Waals surface area contributed by atoms with Crippen molar-refractivity contribution in [3.63, 3.8) is 0 Å². The van der Waals surface area contributed by atoms with Gasteiger partial charge in [0, 0.05) is 18.0 Å². The minimum Gasteiger partial charge on any atom is -0.480 e. The molecule has 6 heteroatoms. The van der Waals surface area contributed by atoms with Gasteiger partial charge in [0.15, 0.2) is 0 Å². The van der Waals surface area contributed by atoms with E-state index < -0.39 is 12.0 Å². The fourth-order valence-electron chi connectivity index (χ4n) is 1.30. The van der Waals surface area contributed by atoms with Crippen LogP contribution in [-0.2, 0) is 11.2 Å². The van der Waals surface area contributed by atoms with Gasteiger partial charge in [-0.3, -0.25) is 0 Å². The number of aliphatic carboxylic acids is 1. The Balaban J connectivity index is 2.64. The highest BCUT2D eigenvalue weighted by molar-refractivity contribution is 7.09. The maximum atomic E-state index is 11.0. The molecule has 0 bridgehead atoms. The molecule has 1 aromatic rings. The number of carboxylic acid groups (broad SMARTS) is 1. The molecule has 90 valence electrons. The number of nitrogens with zero attached hydrogens (tertiary/aromatic N) is 2. The van der Waals surface area contributed by atoms with Gasteiger partial charge >= 0.3 is 5.97 Å². The zero-order valence-corrected chi connectivity index (χ0v) is 10.5. The standard InChI is InChI=1S/C10H17N3O2S/c1-4-8-12-10(16-13-8)11-7(9(14)15)5-6(2)3/h6-7H,4-5H2,1-3H3,(H,14,15)(H,11,12,13)/t7-/m1/s1. The van der Waals surface area contributed by atoms with Crippen LogP contribution in [-0.4, -0.2) is 26.5 Å². The van der Waals surface area contributed by atoms with Crippen LogP contribution in [0.3, 0.4) is 0 Å². The van der Waals surface area contributed by atoms with Crippen molar-refractivity contribution in [2.24, 2.45) is 5.92 Å². The molecule has 0 aliphatic carbocycles. The lowest BCUT2D eigenvalue weighted by Gasteiger charge is -2.15. The van der Waals surface area contributed by atoms with E-state index >= 15 is 0 Å². The highest BCUT2D eigenvalue weighted by Crippen LogP contribution is 2.16. The lowest BCUT2D eigenvalue weighted by molar-refractivity contribution is -0.138. The van der Waals surface area contributed by atoms with Crippen molar-refractivity contribution in [2.45, 2.75) is 39.7 Å². The van der Waals surface area contributed by atoms with Gasteiger partial charge in [0.05, 0.1) is 0 Å². The second kappa shape index (κ2) is 5.79. The summed E-state index contributed by atoms with van der Waals surface area (Å²) in [5.41, 5.74) is 0. The number of carbonyl (C=O) groups is 1. The van der Waals surface area contributed by atoms with E-state index in [1.165, 1.54) is 11.5 Å². The van der Waals surface area contributed by atoms with Crippen LogP contribution >= 0.6 is 11.5 Å². The minimum atomic E-state index is -0.845. The summed E-state index contributed by atoms with van der Waals surface area (Å²) in [6.07, 6.45) is 1.34. The molecule has 0 spiro atoms. The third kappa shape index (κ3) is 3.77. The van der Waals surface area contributed by atoms with Gasteiger partial charge in [0.1, 0.15) is 11.9 Å². The van der Waals surface area contributed by atoms with Crippen molar-refractivity contribution in [2.75, 3.05) is 5.32 Å². The van der Waals surface area contributed by atoms with E-state index in [2.05, 4.69) is 14.7 Å². The monoisotopic (exact) mass is 243 g/mol. The van der Waals surface area contributed by atoms with Crippen molar-refractivity contribution in [1.82, 2.24) is 9.36 Å². The van der Waals surface area contributed by atoms with Gasteiger partial charge in [0.2, 0.25) is 5.13 Å². The van der Waals surface area contributed by atoms with Gasteiger partial charge in [-0.25, -0.2) is 9.78 Å². The van der Waals surface area contributed by atoms with Crippen molar-refractivity contribution in [1.29, 1.82) is 0 Å². The molecule has 5 nitrogen and oxygen atoms in total. The van der Waals surface area contributed by atoms with E-state index in [0.717, 1.165) is 12.2 Å². The average molecular weight is 243 g/mol. The molecule has 16 heavy (non-hydrogen) atoms. The highest BCUT2D eigenvalue weighted by Gasteiger charge is 2.19. The average Bonchev–Trinajstić information content (AvgIpc) is 2.63. The molecular weight excluding hydrogens is 226 g/mol. The summed E-state index contributed by atoms with van der Waals surface area (Å²) in [7, 11) is 0. The number of hydrogen-bond donors (Lipinski definition) is 2. The molecule has 0 saturated heterocycles. The Kier molecular flexibility index (Phi) is 4.67. The first-order valence-corrected chi connectivity index (χ1v) is 6.12. The number of rotatable bonds is 6. The molecule has 2 N–H and O–H groups in total. The number of carboxylic acids is 1. The highest BCUT2D eigenvalue weighted by atomic mass is 32.1. The molecule has 1 heterocycles. The van der Waals surface area contributed by atoms with Gasteiger partial charge in [0.25, 0.3) is 0 Å². The van der Waals surface area contributed by atoms with Crippen molar-refractivity contribution < 1.29 is 9.90 Å². The van der Waals surface area contributed by atoms with E-state index in [0.29, 0.717) is 17.5 Å². The van der Waals surface area contributed by atoms with E-state index in [1.54, 1.807) is 0 Å². The molecule has 0 fully saturated rings. The summed E-state index contributed by atoms with van der Waals surface area (Å²) in [6, 6.07) is -0.586. The Labute approximate surface area is 99.1 Å².